The van der Waals surface area contributed by atoms with Gasteiger partial charge in [0.15, 0.2) is 0 Å². The Morgan fingerprint density at radius 3 is 2.38 bits per heavy atom. The third kappa shape index (κ3) is 3.13. The lowest BCUT2D eigenvalue weighted by molar-refractivity contribution is 0.00222. The number of hydrogen-bond donors (Lipinski definition) is 1. The Kier molecular flexibility index (Phi) is 4.72. The summed E-state index contributed by atoms with van der Waals surface area (Å²) in [5.74, 6) is 0. The van der Waals surface area contributed by atoms with Crippen LogP contribution in [0.5, 0.6) is 0 Å². The highest BCUT2D eigenvalue weighted by Gasteiger charge is 2.42. The first-order valence-corrected chi connectivity index (χ1v) is 8.30. The van der Waals surface area contributed by atoms with Gasteiger partial charge < -0.3 is 5.32 Å². The summed E-state index contributed by atoms with van der Waals surface area (Å²) in [6.07, 6.45) is 2.28. The van der Waals surface area contributed by atoms with Gasteiger partial charge in [-0.1, -0.05) is 25.4 Å². The summed E-state index contributed by atoms with van der Waals surface area (Å²) < 4.78 is 1.78. The third-order valence-corrected chi connectivity index (χ3v) is 5.56. The number of piperazine rings is 1. The first kappa shape index (κ1) is 16.8. The van der Waals surface area contributed by atoms with Gasteiger partial charge in [0, 0.05) is 43.3 Å². The highest BCUT2D eigenvalue weighted by Crippen LogP contribution is 2.33. The summed E-state index contributed by atoms with van der Waals surface area (Å²) in [6, 6.07) is 0. The molecule has 1 fully saturated rings. The zero-order valence-electron chi connectivity index (χ0n) is 14.3. The van der Waals surface area contributed by atoms with Crippen LogP contribution in [0.4, 0.5) is 0 Å². The van der Waals surface area contributed by atoms with Crippen molar-refractivity contribution in [2.75, 3.05) is 13.1 Å². The van der Waals surface area contributed by atoms with Crippen LogP contribution in [0.3, 0.4) is 0 Å². The largest absolute Gasteiger partial charge is 0.309 e. The van der Waals surface area contributed by atoms with E-state index < -0.39 is 0 Å². The molecule has 1 aromatic rings. The van der Waals surface area contributed by atoms with Gasteiger partial charge in [0.05, 0.1) is 5.69 Å². The van der Waals surface area contributed by atoms with E-state index in [4.69, 9.17) is 11.6 Å². The molecule has 0 radical (unpaired) electrons. The van der Waals surface area contributed by atoms with Crippen molar-refractivity contribution in [2.45, 2.75) is 65.1 Å². The molecule has 1 saturated heterocycles. The van der Waals surface area contributed by atoms with Crippen LogP contribution in [0.1, 0.15) is 51.8 Å². The van der Waals surface area contributed by atoms with Crippen molar-refractivity contribution in [1.82, 2.24) is 20.0 Å². The smallest absolute Gasteiger partial charge is 0.131 e. The lowest BCUT2D eigenvalue weighted by Gasteiger charge is -2.52. The maximum Gasteiger partial charge on any atom is 0.131 e. The fraction of sp³-hybridized carbons (Fsp3) is 0.812. The van der Waals surface area contributed by atoms with Crippen molar-refractivity contribution in [1.29, 1.82) is 0 Å². The van der Waals surface area contributed by atoms with E-state index >= 15 is 0 Å². The molecular weight excluding hydrogens is 284 g/mol. The second-order valence-corrected chi connectivity index (χ2v) is 7.36. The molecule has 2 rings (SSSR count). The topological polar surface area (TPSA) is 33.1 Å². The van der Waals surface area contributed by atoms with Gasteiger partial charge in [-0.25, -0.2) is 0 Å². The number of halogens is 1. The number of rotatable bonds is 4. The van der Waals surface area contributed by atoms with Gasteiger partial charge in [-0.05, 0) is 33.6 Å². The first-order valence-electron chi connectivity index (χ1n) is 7.93. The number of nitrogens with zero attached hydrogens (tertiary/aromatic N) is 3. The normalized spacial score (nSPS) is 21.7. The molecule has 5 heteroatoms. The van der Waals surface area contributed by atoms with E-state index in [1.54, 1.807) is 4.68 Å². The highest BCUT2D eigenvalue weighted by atomic mass is 35.5. The molecule has 0 spiro atoms. The zero-order valence-corrected chi connectivity index (χ0v) is 15.0. The first-order chi connectivity index (χ1) is 9.74. The summed E-state index contributed by atoms with van der Waals surface area (Å²) in [6.45, 7) is 14.1. The van der Waals surface area contributed by atoms with Gasteiger partial charge in [-0.3, -0.25) is 9.58 Å². The third-order valence-electron chi connectivity index (χ3n) is 5.09. The molecule has 0 saturated carbocycles. The quantitative estimate of drug-likeness (QED) is 0.927. The lowest BCUT2D eigenvalue weighted by atomic mass is 9.84. The molecule has 0 aromatic carbocycles. The minimum absolute atomic E-state index is 0.135. The summed E-state index contributed by atoms with van der Waals surface area (Å²) >= 11 is 6.44. The van der Waals surface area contributed by atoms with E-state index in [1.165, 1.54) is 5.56 Å². The number of aryl methyl sites for hydroxylation is 2. The van der Waals surface area contributed by atoms with Gasteiger partial charge >= 0.3 is 0 Å². The van der Waals surface area contributed by atoms with Crippen LogP contribution in [0.25, 0.3) is 0 Å². The number of nitrogens with one attached hydrogen (secondary N) is 1. The summed E-state index contributed by atoms with van der Waals surface area (Å²) in [5.41, 5.74) is 2.56. The van der Waals surface area contributed by atoms with E-state index in [2.05, 4.69) is 43.0 Å². The number of hydrogen-bond acceptors (Lipinski definition) is 3. The maximum atomic E-state index is 6.44. The molecule has 120 valence electrons. The Balaban J connectivity index is 2.32. The molecule has 0 unspecified atom stereocenters. The second-order valence-electron chi connectivity index (χ2n) is 7.00. The van der Waals surface area contributed by atoms with Gasteiger partial charge in [0.25, 0.3) is 0 Å². The fourth-order valence-corrected chi connectivity index (χ4v) is 3.67. The maximum absolute atomic E-state index is 6.44. The lowest BCUT2D eigenvalue weighted by Crippen LogP contribution is -2.67. The molecule has 1 aliphatic rings. The molecule has 0 bridgehead atoms. The fourth-order valence-electron chi connectivity index (χ4n) is 3.43. The molecule has 4 nitrogen and oxygen atoms in total. The van der Waals surface area contributed by atoms with Crippen LogP contribution in [-0.4, -0.2) is 38.8 Å². The van der Waals surface area contributed by atoms with Crippen molar-refractivity contribution >= 4 is 11.6 Å². The predicted molar refractivity (Wildman–Crippen MR) is 88.8 cm³/mol. The van der Waals surface area contributed by atoms with Gasteiger partial charge in [-0.2, -0.15) is 5.10 Å². The molecule has 0 amide bonds. The molecule has 1 aliphatic heterocycles. The van der Waals surface area contributed by atoms with E-state index in [0.29, 0.717) is 0 Å². The standard InChI is InChI=1S/C16H29ClN4/c1-7-16(8-2)10-18-15(4,5)11-21(16)9-13-12(3)19-20(6)14(13)17/h18H,7-11H2,1-6H3. The summed E-state index contributed by atoms with van der Waals surface area (Å²) in [7, 11) is 1.91. The average molecular weight is 313 g/mol. The van der Waals surface area contributed by atoms with Crippen LogP contribution < -0.4 is 5.32 Å². The van der Waals surface area contributed by atoms with Crippen LogP contribution in [0, 0.1) is 6.92 Å². The van der Waals surface area contributed by atoms with Crippen LogP contribution >= 0.6 is 11.6 Å². The zero-order chi connectivity index (χ0) is 15.8. The van der Waals surface area contributed by atoms with Crippen molar-refractivity contribution in [3.05, 3.63) is 16.4 Å². The average Bonchev–Trinajstić information content (AvgIpc) is 2.66. The molecule has 1 N–H and O–H groups in total. The van der Waals surface area contributed by atoms with E-state index in [9.17, 15) is 0 Å². The van der Waals surface area contributed by atoms with Crippen LogP contribution in [-0.2, 0) is 13.6 Å². The van der Waals surface area contributed by atoms with Gasteiger partial charge in [0.2, 0.25) is 0 Å². The van der Waals surface area contributed by atoms with E-state index in [-0.39, 0.29) is 11.1 Å². The Morgan fingerprint density at radius 2 is 1.90 bits per heavy atom. The monoisotopic (exact) mass is 312 g/mol. The molecule has 0 aliphatic carbocycles. The Labute approximate surface area is 133 Å². The Morgan fingerprint density at radius 1 is 1.29 bits per heavy atom. The Bertz CT molecular complexity index is 503. The predicted octanol–water partition coefficient (Wildman–Crippen LogP) is 3.12. The second kappa shape index (κ2) is 5.90. The highest BCUT2D eigenvalue weighted by molar-refractivity contribution is 6.30. The SMILES string of the molecule is CCC1(CC)CNC(C)(C)CN1Cc1c(C)nn(C)c1Cl. The van der Waals surface area contributed by atoms with Crippen molar-refractivity contribution in [3.8, 4) is 0 Å². The summed E-state index contributed by atoms with van der Waals surface area (Å²) in [5, 5.41) is 8.93. The van der Waals surface area contributed by atoms with Crippen LogP contribution in [0.15, 0.2) is 0 Å². The molecule has 2 heterocycles. The minimum atomic E-state index is 0.135. The van der Waals surface area contributed by atoms with E-state index in [1.807, 2.05) is 14.0 Å². The Hall–Kier alpha value is -0.580. The van der Waals surface area contributed by atoms with E-state index in [0.717, 1.165) is 43.3 Å². The van der Waals surface area contributed by atoms with Crippen LogP contribution in [0.2, 0.25) is 5.15 Å². The molecular formula is C16H29ClN4. The minimum Gasteiger partial charge on any atom is -0.309 e. The van der Waals surface area contributed by atoms with Crippen molar-refractivity contribution < 1.29 is 0 Å². The molecule has 0 atom stereocenters. The molecule has 21 heavy (non-hydrogen) atoms. The van der Waals surface area contributed by atoms with Gasteiger partial charge in [0.1, 0.15) is 5.15 Å². The van der Waals surface area contributed by atoms with Gasteiger partial charge in [-0.15, -0.1) is 0 Å². The summed E-state index contributed by atoms with van der Waals surface area (Å²) in [4.78, 5) is 2.61. The van der Waals surface area contributed by atoms with Crippen molar-refractivity contribution in [3.63, 3.8) is 0 Å². The molecule has 1 aromatic heterocycles. The number of aromatic nitrogens is 2. The van der Waals surface area contributed by atoms with Crippen molar-refractivity contribution in [2.24, 2.45) is 7.05 Å².